The van der Waals surface area contributed by atoms with Crippen LogP contribution in [-0.2, 0) is 20.8 Å². The maximum atomic E-state index is 13.4. The summed E-state index contributed by atoms with van der Waals surface area (Å²) < 4.78 is 26.9. The van der Waals surface area contributed by atoms with Gasteiger partial charge >= 0.3 is 0 Å². The zero-order valence-electron chi connectivity index (χ0n) is 19.4. The van der Waals surface area contributed by atoms with Crippen molar-refractivity contribution >= 4 is 58.4 Å². The number of hydrogen-bond donors (Lipinski definition) is 3. The fourth-order valence-corrected chi connectivity index (χ4v) is 5.44. The fourth-order valence-electron chi connectivity index (χ4n) is 3.85. The van der Waals surface area contributed by atoms with E-state index in [4.69, 9.17) is 23.2 Å². The molecule has 1 heterocycles. The number of nitrogens with one attached hydrogen (secondary N) is 3. The third kappa shape index (κ3) is 6.60. The average Bonchev–Trinajstić information content (AvgIpc) is 2.96. The van der Waals surface area contributed by atoms with Gasteiger partial charge in [0.1, 0.15) is 23.7 Å². The number of carbonyl (C=O) groups is 3. The molecule has 0 unspecified atom stereocenters. The Balaban J connectivity index is 1.52. The lowest BCUT2D eigenvalue weighted by Crippen LogP contribution is -2.53. The third-order valence-corrected chi connectivity index (χ3v) is 7.76. The van der Waals surface area contributed by atoms with Crippen LogP contribution in [0.1, 0.15) is 23.3 Å². The number of rotatable bonds is 6. The molecule has 11 heteroatoms. The van der Waals surface area contributed by atoms with E-state index < -0.39 is 46.7 Å². The van der Waals surface area contributed by atoms with Gasteiger partial charge in [0.05, 0.1) is 27.4 Å². The zero-order chi connectivity index (χ0) is 26.7. The molecule has 37 heavy (non-hydrogen) atoms. The van der Waals surface area contributed by atoms with Gasteiger partial charge in [-0.05, 0) is 54.4 Å². The molecule has 0 bridgehead atoms. The third-order valence-electron chi connectivity index (χ3n) is 5.61. The van der Waals surface area contributed by atoms with Crippen LogP contribution in [0.5, 0.6) is 0 Å². The number of thioether (sulfide) groups is 1. The number of anilines is 1. The second-order valence-electron chi connectivity index (χ2n) is 8.43. The van der Waals surface area contributed by atoms with Crippen LogP contribution in [-0.4, -0.2) is 29.8 Å². The van der Waals surface area contributed by atoms with Crippen molar-refractivity contribution in [2.24, 2.45) is 0 Å². The van der Waals surface area contributed by atoms with Crippen LogP contribution >= 0.6 is 35.0 Å². The predicted molar refractivity (Wildman–Crippen MR) is 140 cm³/mol. The quantitative estimate of drug-likeness (QED) is 0.380. The first-order valence-electron chi connectivity index (χ1n) is 11.2. The predicted octanol–water partition coefficient (Wildman–Crippen LogP) is 5.29. The van der Waals surface area contributed by atoms with E-state index in [1.54, 1.807) is 30.3 Å². The van der Waals surface area contributed by atoms with Crippen molar-refractivity contribution in [2.75, 3.05) is 5.32 Å². The summed E-state index contributed by atoms with van der Waals surface area (Å²) in [5.41, 5.74) is 1.39. The van der Waals surface area contributed by atoms with E-state index in [1.165, 1.54) is 18.7 Å². The van der Waals surface area contributed by atoms with Crippen LogP contribution in [0, 0.1) is 11.6 Å². The average molecular weight is 564 g/mol. The maximum Gasteiger partial charge on any atom is 0.248 e. The Bertz CT molecular complexity index is 1350. The first-order valence-corrected chi connectivity index (χ1v) is 12.8. The molecule has 0 spiro atoms. The maximum absolute atomic E-state index is 13.4. The van der Waals surface area contributed by atoms with Gasteiger partial charge in [0.15, 0.2) is 0 Å². The molecule has 3 aromatic carbocycles. The summed E-state index contributed by atoms with van der Waals surface area (Å²) in [5.74, 6) is -3.29. The van der Waals surface area contributed by atoms with Gasteiger partial charge in [-0.15, -0.1) is 11.8 Å². The second kappa shape index (κ2) is 11.5. The highest BCUT2D eigenvalue weighted by Crippen LogP contribution is 2.44. The first kappa shape index (κ1) is 26.9. The van der Waals surface area contributed by atoms with Crippen LogP contribution in [0.2, 0.25) is 10.0 Å². The van der Waals surface area contributed by atoms with Gasteiger partial charge in [0, 0.05) is 11.0 Å². The molecule has 0 aromatic heterocycles. The van der Waals surface area contributed by atoms with Crippen molar-refractivity contribution in [2.45, 2.75) is 35.6 Å². The molecule has 1 aliphatic heterocycles. The monoisotopic (exact) mass is 563 g/mol. The van der Waals surface area contributed by atoms with Gasteiger partial charge in [-0.1, -0.05) is 41.4 Å². The van der Waals surface area contributed by atoms with E-state index in [-0.39, 0.29) is 12.0 Å². The van der Waals surface area contributed by atoms with Gasteiger partial charge in [0.2, 0.25) is 17.7 Å². The minimum Gasteiger partial charge on any atom is -0.344 e. The lowest BCUT2D eigenvalue weighted by molar-refractivity contribution is -0.130. The number of fused-ring (bicyclic) bond motifs is 1. The standard InChI is InChI=1S/C26H21Cl2F2N3O3S/c1-13(31-22(34)10-14-8-16(29)12-17(30)9-14)25(35)33-23-24(15-6-7-18(27)19(28)11-15)37-21-5-3-2-4-20(21)32-26(23)36/h2-9,11-13,23-24H,10H2,1H3,(H,31,34)(H,32,36)(H,33,35)/t13-,23-,24+/m0/s1. The molecule has 0 fully saturated rings. The summed E-state index contributed by atoms with van der Waals surface area (Å²) in [4.78, 5) is 39.5. The summed E-state index contributed by atoms with van der Waals surface area (Å²) in [7, 11) is 0. The Morgan fingerprint density at radius 2 is 1.73 bits per heavy atom. The molecule has 192 valence electrons. The molecular formula is C26H21Cl2F2N3O3S. The van der Waals surface area contributed by atoms with Crippen LogP contribution in [0.4, 0.5) is 14.5 Å². The minimum atomic E-state index is -1.04. The highest BCUT2D eigenvalue weighted by Gasteiger charge is 2.36. The molecule has 0 radical (unpaired) electrons. The van der Waals surface area contributed by atoms with Crippen molar-refractivity contribution in [1.82, 2.24) is 10.6 Å². The largest absolute Gasteiger partial charge is 0.344 e. The highest BCUT2D eigenvalue weighted by atomic mass is 35.5. The van der Waals surface area contributed by atoms with E-state index in [0.717, 1.165) is 17.0 Å². The van der Waals surface area contributed by atoms with Crippen molar-refractivity contribution < 1.29 is 23.2 Å². The van der Waals surface area contributed by atoms with Gasteiger partial charge in [-0.25, -0.2) is 8.78 Å². The summed E-state index contributed by atoms with van der Waals surface area (Å²) >= 11 is 13.7. The number of benzene rings is 3. The van der Waals surface area contributed by atoms with E-state index in [0.29, 0.717) is 27.4 Å². The molecule has 3 atom stereocenters. The molecule has 1 aliphatic rings. The van der Waals surface area contributed by atoms with Crippen molar-refractivity contribution in [3.63, 3.8) is 0 Å². The number of amides is 3. The Labute approximate surface area is 226 Å². The van der Waals surface area contributed by atoms with Crippen LogP contribution in [0.15, 0.2) is 65.6 Å². The van der Waals surface area contributed by atoms with E-state index in [2.05, 4.69) is 16.0 Å². The van der Waals surface area contributed by atoms with E-state index >= 15 is 0 Å². The normalized spacial score (nSPS) is 17.7. The van der Waals surface area contributed by atoms with Crippen LogP contribution in [0.25, 0.3) is 0 Å². The Kier molecular flexibility index (Phi) is 8.36. The zero-order valence-corrected chi connectivity index (χ0v) is 21.7. The molecule has 0 saturated carbocycles. The summed E-state index contributed by atoms with van der Waals surface area (Å²) in [6.45, 7) is 1.45. The SMILES string of the molecule is C[C@H](NC(=O)Cc1cc(F)cc(F)c1)C(=O)N[C@@H]1C(=O)Nc2ccccc2S[C@@H]1c1ccc(Cl)c(Cl)c1. The van der Waals surface area contributed by atoms with Gasteiger partial charge < -0.3 is 16.0 Å². The van der Waals surface area contributed by atoms with Crippen LogP contribution < -0.4 is 16.0 Å². The smallest absolute Gasteiger partial charge is 0.248 e. The van der Waals surface area contributed by atoms with Crippen LogP contribution in [0.3, 0.4) is 0 Å². The molecule has 0 aliphatic carbocycles. The van der Waals surface area contributed by atoms with Gasteiger partial charge in [-0.2, -0.15) is 0 Å². The number of para-hydroxylation sites is 1. The Morgan fingerprint density at radius 1 is 1.03 bits per heavy atom. The van der Waals surface area contributed by atoms with Crippen molar-refractivity contribution in [3.05, 3.63) is 93.5 Å². The summed E-state index contributed by atoms with van der Waals surface area (Å²) in [6.07, 6.45) is -0.326. The van der Waals surface area contributed by atoms with Crippen molar-refractivity contribution in [3.8, 4) is 0 Å². The lowest BCUT2D eigenvalue weighted by Gasteiger charge is -2.26. The molecular weight excluding hydrogens is 543 g/mol. The molecule has 4 rings (SSSR count). The number of hydrogen-bond acceptors (Lipinski definition) is 4. The highest BCUT2D eigenvalue weighted by molar-refractivity contribution is 7.99. The van der Waals surface area contributed by atoms with E-state index in [9.17, 15) is 23.2 Å². The summed E-state index contributed by atoms with van der Waals surface area (Å²) in [6, 6.07) is 13.0. The first-order chi connectivity index (χ1) is 17.6. The molecule has 3 amide bonds. The van der Waals surface area contributed by atoms with E-state index in [1.807, 2.05) is 12.1 Å². The van der Waals surface area contributed by atoms with Gasteiger partial charge in [0.25, 0.3) is 0 Å². The van der Waals surface area contributed by atoms with Gasteiger partial charge in [-0.3, -0.25) is 14.4 Å². The van der Waals surface area contributed by atoms with Crippen molar-refractivity contribution in [1.29, 1.82) is 0 Å². The molecule has 3 aromatic rings. The number of halogens is 4. The molecule has 6 nitrogen and oxygen atoms in total. The second-order valence-corrected chi connectivity index (χ2v) is 10.4. The topological polar surface area (TPSA) is 87.3 Å². The number of carbonyl (C=O) groups excluding carboxylic acids is 3. The summed E-state index contributed by atoms with van der Waals surface area (Å²) in [5, 5.41) is 8.15. The molecule has 3 N–H and O–H groups in total. The minimum absolute atomic E-state index is 0.125. The fraction of sp³-hybridized carbons (Fsp3) is 0.192. The lowest BCUT2D eigenvalue weighted by atomic mass is 10.0. The Morgan fingerprint density at radius 3 is 2.43 bits per heavy atom. The Hall–Kier alpha value is -3.14. The molecule has 0 saturated heterocycles.